The molecule has 0 aromatic heterocycles. The van der Waals surface area contributed by atoms with Crippen LogP contribution in [-0.2, 0) is 0 Å². The minimum atomic E-state index is -0.932. The highest BCUT2D eigenvalue weighted by atomic mass is 16.4. The van der Waals surface area contributed by atoms with Gasteiger partial charge in [0.1, 0.15) is 0 Å². The summed E-state index contributed by atoms with van der Waals surface area (Å²) in [4.78, 5) is 14.0. The molecule has 0 aromatic carbocycles. The number of nitrogens with zero attached hydrogens (tertiary/aromatic N) is 2. The van der Waals surface area contributed by atoms with Crippen LogP contribution in [0.4, 0.5) is 4.79 Å². The lowest BCUT2D eigenvalue weighted by Crippen LogP contribution is -2.29. The maximum Gasteiger partial charge on any atom is 0.408 e. The van der Waals surface area contributed by atoms with Crippen LogP contribution in [0.15, 0.2) is 0 Å². The second kappa shape index (κ2) is 9.94. The molecule has 0 aliphatic rings. The topological polar surface area (TPSA) is 64.0 Å². The zero-order valence-corrected chi connectivity index (χ0v) is 10.6. The number of hydrogen-bond donors (Lipinski definition) is 2. The Bertz CT molecular complexity index is 271. The van der Waals surface area contributed by atoms with Gasteiger partial charge >= 0.3 is 6.09 Å². The molecule has 5 nitrogen and oxygen atoms in total. The zero-order chi connectivity index (χ0) is 13.1. The first-order valence-electron chi connectivity index (χ1n) is 5.84. The van der Waals surface area contributed by atoms with E-state index in [1.807, 2.05) is 7.05 Å². The molecular weight excluding hydrogens is 220 g/mol. The van der Waals surface area contributed by atoms with Crippen molar-refractivity contribution < 1.29 is 15.0 Å². The lowest BCUT2D eigenvalue weighted by Gasteiger charge is -2.13. The third-order valence-corrected chi connectivity index (χ3v) is 2.34. The van der Waals surface area contributed by atoms with Crippen LogP contribution in [0.2, 0.25) is 0 Å². The Kier molecular flexibility index (Phi) is 9.21. The summed E-state index contributed by atoms with van der Waals surface area (Å²) in [6.45, 7) is 4.25. The Labute approximate surface area is 103 Å². The van der Waals surface area contributed by atoms with Crippen LogP contribution in [0, 0.1) is 11.8 Å². The van der Waals surface area contributed by atoms with Gasteiger partial charge in [-0.15, -0.1) is 0 Å². The first-order chi connectivity index (χ1) is 8.11. The summed E-state index contributed by atoms with van der Waals surface area (Å²) in [7, 11) is 1.96. The Balaban J connectivity index is 3.75. The van der Waals surface area contributed by atoms with Gasteiger partial charge in [0.15, 0.2) is 0 Å². The second-order valence-corrected chi connectivity index (χ2v) is 3.82. The van der Waals surface area contributed by atoms with Crippen LogP contribution in [0.5, 0.6) is 0 Å². The molecule has 0 rings (SSSR count). The molecule has 2 N–H and O–H groups in total. The van der Waals surface area contributed by atoms with Crippen molar-refractivity contribution in [2.45, 2.75) is 19.8 Å². The SMILES string of the molecule is CCN(CC#CCN(C)CCCCO)C(=O)O. The van der Waals surface area contributed by atoms with Crippen molar-refractivity contribution in [1.82, 2.24) is 9.80 Å². The number of hydrogen-bond acceptors (Lipinski definition) is 3. The highest BCUT2D eigenvalue weighted by Gasteiger charge is 2.05. The molecule has 0 aliphatic carbocycles. The average molecular weight is 242 g/mol. The minimum absolute atomic E-state index is 0.226. The number of aliphatic hydroxyl groups is 1. The van der Waals surface area contributed by atoms with Crippen molar-refractivity contribution in [3.8, 4) is 11.8 Å². The largest absolute Gasteiger partial charge is 0.465 e. The molecule has 17 heavy (non-hydrogen) atoms. The van der Waals surface area contributed by atoms with Crippen molar-refractivity contribution in [3.63, 3.8) is 0 Å². The predicted molar refractivity (Wildman–Crippen MR) is 66.9 cm³/mol. The fourth-order valence-corrected chi connectivity index (χ4v) is 1.23. The summed E-state index contributed by atoms with van der Waals surface area (Å²) < 4.78 is 0. The highest BCUT2D eigenvalue weighted by molar-refractivity contribution is 5.65. The Morgan fingerprint density at radius 2 is 1.88 bits per heavy atom. The van der Waals surface area contributed by atoms with Gasteiger partial charge in [-0.1, -0.05) is 11.8 Å². The molecule has 0 atom stereocenters. The molecule has 0 fully saturated rings. The molecule has 0 aromatic rings. The first-order valence-corrected chi connectivity index (χ1v) is 5.84. The fraction of sp³-hybridized carbons (Fsp3) is 0.750. The summed E-state index contributed by atoms with van der Waals surface area (Å²) in [6, 6.07) is 0. The molecule has 1 amide bonds. The Hall–Kier alpha value is -1.25. The molecule has 0 saturated heterocycles. The molecule has 0 saturated carbocycles. The van der Waals surface area contributed by atoms with Gasteiger partial charge in [0, 0.05) is 13.2 Å². The van der Waals surface area contributed by atoms with Crippen LogP contribution in [0.1, 0.15) is 19.8 Å². The van der Waals surface area contributed by atoms with Crippen molar-refractivity contribution in [1.29, 1.82) is 0 Å². The van der Waals surface area contributed by atoms with Gasteiger partial charge in [0.2, 0.25) is 0 Å². The summed E-state index contributed by atoms with van der Waals surface area (Å²) >= 11 is 0. The maximum atomic E-state index is 10.7. The smallest absolute Gasteiger partial charge is 0.408 e. The molecule has 0 unspecified atom stereocenters. The molecule has 0 aliphatic heterocycles. The fourth-order valence-electron chi connectivity index (χ4n) is 1.23. The van der Waals surface area contributed by atoms with E-state index in [0.717, 1.165) is 19.4 Å². The number of aliphatic hydroxyl groups excluding tert-OH is 1. The van der Waals surface area contributed by atoms with Crippen LogP contribution in [-0.4, -0.2) is 65.9 Å². The van der Waals surface area contributed by atoms with E-state index in [2.05, 4.69) is 16.7 Å². The van der Waals surface area contributed by atoms with Gasteiger partial charge in [-0.05, 0) is 33.4 Å². The number of carboxylic acid groups (broad SMARTS) is 1. The average Bonchev–Trinajstić information content (AvgIpc) is 2.29. The molecule has 0 heterocycles. The molecular formula is C12H22N2O3. The summed E-state index contributed by atoms with van der Waals surface area (Å²) in [5.74, 6) is 5.78. The highest BCUT2D eigenvalue weighted by Crippen LogP contribution is 1.91. The van der Waals surface area contributed by atoms with E-state index in [4.69, 9.17) is 10.2 Å². The monoisotopic (exact) mass is 242 g/mol. The van der Waals surface area contributed by atoms with E-state index in [9.17, 15) is 4.79 Å². The van der Waals surface area contributed by atoms with Crippen LogP contribution in [0.25, 0.3) is 0 Å². The van der Waals surface area contributed by atoms with E-state index in [1.165, 1.54) is 4.90 Å². The number of amides is 1. The van der Waals surface area contributed by atoms with Gasteiger partial charge in [0.05, 0.1) is 13.1 Å². The molecule has 5 heteroatoms. The predicted octanol–water partition coefficient (Wildman–Crippen LogP) is 0.694. The summed E-state index contributed by atoms with van der Waals surface area (Å²) in [6.07, 6.45) is 0.823. The number of carbonyl (C=O) groups is 1. The van der Waals surface area contributed by atoms with Gasteiger partial charge < -0.3 is 10.2 Å². The molecule has 98 valence electrons. The zero-order valence-electron chi connectivity index (χ0n) is 10.6. The van der Waals surface area contributed by atoms with Crippen LogP contribution >= 0.6 is 0 Å². The third-order valence-electron chi connectivity index (χ3n) is 2.34. The molecule has 0 bridgehead atoms. The Morgan fingerprint density at radius 1 is 1.24 bits per heavy atom. The van der Waals surface area contributed by atoms with E-state index in [0.29, 0.717) is 13.1 Å². The second-order valence-electron chi connectivity index (χ2n) is 3.82. The number of unbranched alkanes of at least 4 members (excludes halogenated alkanes) is 1. The van der Waals surface area contributed by atoms with Crippen LogP contribution < -0.4 is 0 Å². The van der Waals surface area contributed by atoms with Gasteiger partial charge in [0.25, 0.3) is 0 Å². The van der Waals surface area contributed by atoms with Gasteiger partial charge in [-0.25, -0.2) is 4.79 Å². The molecule has 0 radical (unpaired) electrons. The van der Waals surface area contributed by atoms with E-state index in [-0.39, 0.29) is 13.2 Å². The lowest BCUT2D eigenvalue weighted by atomic mass is 10.3. The van der Waals surface area contributed by atoms with Gasteiger partial charge in [-0.2, -0.15) is 0 Å². The van der Waals surface area contributed by atoms with Crippen molar-refractivity contribution >= 4 is 6.09 Å². The minimum Gasteiger partial charge on any atom is -0.465 e. The maximum absolute atomic E-state index is 10.7. The van der Waals surface area contributed by atoms with E-state index in [1.54, 1.807) is 6.92 Å². The van der Waals surface area contributed by atoms with Crippen molar-refractivity contribution in [2.75, 3.05) is 39.8 Å². The van der Waals surface area contributed by atoms with Crippen LogP contribution in [0.3, 0.4) is 0 Å². The van der Waals surface area contributed by atoms with E-state index >= 15 is 0 Å². The summed E-state index contributed by atoms with van der Waals surface area (Å²) in [5.41, 5.74) is 0. The normalized spacial score (nSPS) is 9.88. The Morgan fingerprint density at radius 3 is 2.41 bits per heavy atom. The van der Waals surface area contributed by atoms with Crippen molar-refractivity contribution in [2.24, 2.45) is 0 Å². The number of rotatable bonds is 7. The third kappa shape index (κ3) is 8.55. The first kappa shape index (κ1) is 15.8. The van der Waals surface area contributed by atoms with Crippen molar-refractivity contribution in [3.05, 3.63) is 0 Å². The molecule has 0 spiro atoms. The van der Waals surface area contributed by atoms with Gasteiger partial charge in [-0.3, -0.25) is 9.80 Å². The quantitative estimate of drug-likeness (QED) is 0.509. The van der Waals surface area contributed by atoms with E-state index < -0.39 is 6.09 Å². The standard InChI is InChI=1S/C12H22N2O3/c1-3-14(12(16)17)10-5-4-8-13(2)9-6-7-11-15/h15H,3,6-11H2,1-2H3,(H,16,17). The lowest BCUT2D eigenvalue weighted by molar-refractivity contribution is 0.153. The summed E-state index contributed by atoms with van der Waals surface area (Å²) in [5, 5.41) is 17.4.